The number of urea groups is 1. The van der Waals surface area contributed by atoms with Crippen molar-refractivity contribution in [1.29, 1.82) is 0 Å². The highest BCUT2D eigenvalue weighted by atomic mass is 32.2. The van der Waals surface area contributed by atoms with Crippen LogP contribution < -0.4 is 16.9 Å². The van der Waals surface area contributed by atoms with E-state index >= 15 is 0 Å². The molecule has 9 heteroatoms. The smallest absolute Gasteiger partial charge is 0.318 e. The fourth-order valence-corrected chi connectivity index (χ4v) is 2.46. The Kier molecular flexibility index (Phi) is 4.66. The summed E-state index contributed by atoms with van der Waals surface area (Å²) >= 11 is 1.08. The molecular formula is C13H16N6O2S. The number of nitrogens with zero attached hydrogens (tertiary/aromatic N) is 3. The molecule has 1 aromatic heterocycles. The van der Waals surface area contributed by atoms with Gasteiger partial charge in [-0.2, -0.15) is 0 Å². The Hall–Kier alpha value is -2.55. The molecule has 0 fully saturated rings. The van der Waals surface area contributed by atoms with Crippen LogP contribution >= 0.6 is 11.8 Å². The lowest BCUT2D eigenvalue weighted by atomic mass is 10.1. The number of carbonyl (C=O) groups excluding carboxylic acids is 2. The largest absolute Gasteiger partial charge is 0.351 e. The number of imide groups is 1. The summed E-state index contributed by atoms with van der Waals surface area (Å²) < 4.78 is 1.31. The molecule has 0 aliphatic carbocycles. The zero-order chi connectivity index (χ0) is 16.3. The van der Waals surface area contributed by atoms with E-state index in [4.69, 9.17) is 11.6 Å². The number of thioether (sulfide) groups is 1. The molecule has 22 heavy (non-hydrogen) atoms. The zero-order valence-corrected chi connectivity index (χ0v) is 12.9. The first-order valence-corrected chi connectivity index (χ1v) is 7.31. The van der Waals surface area contributed by atoms with E-state index in [1.54, 1.807) is 6.92 Å². The molecule has 116 valence electrons. The van der Waals surface area contributed by atoms with E-state index in [0.29, 0.717) is 11.0 Å². The van der Waals surface area contributed by atoms with E-state index in [0.717, 1.165) is 22.9 Å². The first kappa shape index (κ1) is 15.8. The molecule has 2 aromatic rings. The Balaban J connectivity index is 2.16. The van der Waals surface area contributed by atoms with E-state index in [2.05, 4.69) is 10.2 Å². The van der Waals surface area contributed by atoms with Gasteiger partial charge in [-0.3, -0.25) is 10.1 Å². The van der Waals surface area contributed by atoms with Gasteiger partial charge in [0.2, 0.25) is 11.1 Å². The topological polar surface area (TPSA) is 129 Å². The summed E-state index contributed by atoms with van der Waals surface area (Å²) in [7, 11) is 0. The van der Waals surface area contributed by atoms with Gasteiger partial charge in [-0.25, -0.2) is 9.47 Å². The molecule has 5 N–H and O–H groups in total. The number of hydrogen-bond donors (Lipinski definition) is 3. The van der Waals surface area contributed by atoms with Crippen LogP contribution in [0.25, 0.3) is 11.4 Å². The van der Waals surface area contributed by atoms with Gasteiger partial charge >= 0.3 is 6.03 Å². The van der Waals surface area contributed by atoms with E-state index < -0.39 is 17.2 Å². The molecule has 0 saturated carbocycles. The van der Waals surface area contributed by atoms with E-state index in [-0.39, 0.29) is 0 Å². The van der Waals surface area contributed by atoms with Crippen molar-refractivity contribution in [2.45, 2.75) is 24.3 Å². The minimum Gasteiger partial charge on any atom is -0.351 e. The Morgan fingerprint density at radius 1 is 1.27 bits per heavy atom. The number of hydrogen-bond acceptors (Lipinski definition) is 6. The van der Waals surface area contributed by atoms with Gasteiger partial charge in [-0.1, -0.05) is 41.6 Å². The summed E-state index contributed by atoms with van der Waals surface area (Å²) in [6, 6.07) is 6.77. The molecule has 0 aliphatic heterocycles. The van der Waals surface area contributed by atoms with Crippen LogP contribution in [0.3, 0.4) is 0 Å². The maximum absolute atomic E-state index is 11.7. The van der Waals surface area contributed by atoms with E-state index in [1.165, 1.54) is 4.68 Å². The van der Waals surface area contributed by atoms with Crippen molar-refractivity contribution < 1.29 is 9.59 Å². The molecule has 1 atom stereocenters. The fourth-order valence-electron chi connectivity index (χ4n) is 1.69. The van der Waals surface area contributed by atoms with Crippen LogP contribution in [0.4, 0.5) is 4.79 Å². The van der Waals surface area contributed by atoms with Crippen molar-refractivity contribution in [2.75, 3.05) is 5.84 Å². The summed E-state index contributed by atoms with van der Waals surface area (Å²) in [4.78, 5) is 22.3. The van der Waals surface area contributed by atoms with Gasteiger partial charge in [-0.15, -0.1) is 10.2 Å². The van der Waals surface area contributed by atoms with Crippen LogP contribution in [0.2, 0.25) is 0 Å². The SMILES string of the molecule is Cc1ccc(-c2nnc(SC(C)C(=O)NC(N)=O)n2N)cc1. The van der Waals surface area contributed by atoms with Crippen LogP contribution in [-0.4, -0.2) is 32.1 Å². The van der Waals surface area contributed by atoms with E-state index in [1.807, 2.05) is 36.5 Å². The number of primary amides is 1. The quantitative estimate of drug-likeness (QED) is 0.560. The fraction of sp³-hybridized carbons (Fsp3) is 0.231. The number of nitrogens with one attached hydrogen (secondary N) is 1. The molecule has 2 rings (SSSR count). The third kappa shape index (κ3) is 3.55. The minimum atomic E-state index is -0.896. The summed E-state index contributed by atoms with van der Waals surface area (Å²) in [6.45, 7) is 3.60. The first-order chi connectivity index (χ1) is 10.4. The lowest BCUT2D eigenvalue weighted by Gasteiger charge is -2.09. The average Bonchev–Trinajstić information content (AvgIpc) is 2.80. The number of benzene rings is 1. The molecule has 1 aromatic carbocycles. The maximum Gasteiger partial charge on any atom is 0.318 e. The maximum atomic E-state index is 11.7. The van der Waals surface area contributed by atoms with E-state index in [9.17, 15) is 9.59 Å². The molecular weight excluding hydrogens is 304 g/mol. The molecule has 0 radical (unpaired) electrons. The van der Waals surface area contributed by atoms with Crippen molar-refractivity contribution in [3.63, 3.8) is 0 Å². The lowest BCUT2D eigenvalue weighted by Crippen LogP contribution is -2.39. The molecule has 0 spiro atoms. The summed E-state index contributed by atoms with van der Waals surface area (Å²) in [6.07, 6.45) is 0. The predicted octanol–water partition coefficient (Wildman–Crippen LogP) is 0.643. The lowest BCUT2D eigenvalue weighted by molar-refractivity contribution is -0.119. The third-order valence-electron chi connectivity index (χ3n) is 2.87. The van der Waals surface area contributed by atoms with Gasteiger partial charge < -0.3 is 11.6 Å². The van der Waals surface area contributed by atoms with Gasteiger partial charge in [0.15, 0.2) is 5.82 Å². The minimum absolute atomic E-state index is 0.364. The summed E-state index contributed by atoms with van der Waals surface area (Å²) in [5.74, 6) is 5.95. The Labute approximate surface area is 131 Å². The number of amides is 3. The van der Waals surface area contributed by atoms with Gasteiger partial charge in [0.05, 0.1) is 5.25 Å². The number of aromatic nitrogens is 3. The van der Waals surface area contributed by atoms with Gasteiger partial charge in [0, 0.05) is 5.56 Å². The normalized spacial score (nSPS) is 11.9. The summed E-state index contributed by atoms with van der Waals surface area (Å²) in [5, 5.41) is 9.78. The van der Waals surface area contributed by atoms with Crippen molar-refractivity contribution in [3.05, 3.63) is 29.8 Å². The zero-order valence-electron chi connectivity index (χ0n) is 12.1. The van der Waals surface area contributed by atoms with Crippen LogP contribution in [0.1, 0.15) is 12.5 Å². The molecule has 3 amide bonds. The Morgan fingerprint density at radius 3 is 2.50 bits per heavy atom. The molecule has 1 heterocycles. The Morgan fingerprint density at radius 2 is 1.91 bits per heavy atom. The number of aryl methyl sites for hydroxylation is 1. The van der Waals surface area contributed by atoms with Crippen molar-refractivity contribution >= 4 is 23.7 Å². The van der Waals surface area contributed by atoms with Gasteiger partial charge in [0.1, 0.15) is 0 Å². The standard InChI is InChI=1S/C13H16N6O2S/c1-7-3-5-9(6-4-7)10-17-18-13(19(10)15)22-8(2)11(20)16-12(14)21/h3-6,8H,15H2,1-2H3,(H3,14,16,20,21). The van der Waals surface area contributed by atoms with Crippen LogP contribution in [-0.2, 0) is 4.79 Å². The summed E-state index contributed by atoms with van der Waals surface area (Å²) in [5.41, 5.74) is 6.85. The van der Waals surface area contributed by atoms with Crippen molar-refractivity contribution in [2.24, 2.45) is 5.73 Å². The second-order valence-corrected chi connectivity index (χ2v) is 5.96. The number of carbonyl (C=O) groups is 2. The van der Waals surface area contributed by atoms with Gasteiger partial charge in [0.25, 0.3) is 0 Å². The van der Waals surface area contributed by atoms with Crippen LogP contribution in [0.5, 0.6) is 0 Å². The molecule has 0 aliphatic rings. The third-order valence-corrected chi connectivity index (χ3v) is 3.93. The predicted molar refractivity (Wildman–Crippen MR) is 83.4 cm³/mol. The van der Waals surface area contributed by atoms with Crippen LogP contribution in [0.15, 0.2) is 29.4 Å². The number of nitrogens with two attached hydrogens (primary N) is 2. The molecule has 1 unspecified atom stereocenters. The molecule has 0 saturated heterocycles. The average molecular weight is 320 g/mol. The highest BCUT2D eigenvalue weighted by Crippen LogP contribution is 2.24. The van der Waals surface area contributed by atoms with Gasteiger partial charge in [-0.05, 0) is 13.8 Å². The number of rotatable bonds is 4. The molecule has 0 bridgehead atoms. The Bertz CT molecular complexity index is 697. The monoisotopic (exact) mass is 320 g/mol. The number of nitrogen functional groups attached to an aromatic ring is 1. The van der Waals surface area contributed by atoms with Crippen molar-refractivity contribution in [1.82, 2.24) is 20.2 Å². The highest BCUT2D eigenvalue weighted by Gasteiger charge is 2.20. The molecule has 8 nitrogen and oxygen atoms in total. The second kappa shape index (κ2) is 6.48. The highest BCUT2D eigenvalue weighted by molar-refractivity contribution is 8.00. The first-order valence-electron chi connectivity index (χ1n) is 6.43. The second-order valence-electron chi connectivity index (χ2n) is 4.66. The van der Waals surface area contributed by atoms with Crippen LogP contribution in [0, 0.1) is 6.92 Å². The van der Waals surface area contributed by atoms with Crippen molar-refractivity contribution in [3.8, 4) is 11.4 Å².